The van der Waals surface area contributed by atoms with Crippen molar-refractivity contribution in [1.29, 1.82) is 0 Å². The van der Waals surface area contributed by atoms with Crippen LogP contribution in [0.4, 0.5) is 0 Å². The summed E-state index contributed by atoms with van der Waals surface area (Å²) >= 11 is 6.13. The molecule has 0 radical (unpaired) electrons. The fraction of sp³-hybridized carbons (Fsp3) is 0.438. The van der Waals surface area contributed by atoms with Gasteiger partial charge in [0.05, 0.1) is 6.04 Å². The van der Waals surface area contributed by atoms with E-state index in [1.165, 1.54) is 11.1 Å². The largest absolute Gasteiger partial charge is 0.313 e. The lowest BCUT2D eigenvalue weighted by atomic mass is 9.92. The first-order valence-corrected chi connectivity index (χ1v) is 7.30. The van der Waals surface area contributed by atoms with Gasteiger partial charge in [-0.3, -0.25) is 4.90 Å². The maximum Gasteiger partial charge on any atom is 0.137 e. The van der Waals surface area contributed by atoms with Crippen LogP contribution in [-0.2, 0) is 11.2 Å². The lowest BCUT2D eigenvalue weighted by molar-refractivity contribution is -0.111. The minimum absolute atomic E-state index is 0.116. The highest BCUT2D eigenvalue weighted by Gasteiger charge is 2.16. The predicted octanol–water partition coefficient (Wildman–Crippen LogP) is 2.39. The number of benzene rings is 1. The Bertz CT molecular complexity index is 511. The van der Waals surface area contributed by atoms with E-state index in [0.717, 1.165) is 36.4 Å². The summed E-state index contributed by atoms with van der Waals surface area (Å²) in [5.41, 5.74) is 3.72. The maximum atomic E-state index is 11.2. The molecule has 4 heteroatoms. The molecule has 0 unspecified atom stereocenters. The number of carbonyl (C=O) groups is 1. The molecule has 1 aliphatic rings. The average Bonchev–Trinajstić information content (AvgIpc) is 2.45. The molecule has 108 valence electrons. The standard InChI is InChI=1S/C16H21ClN2O/c1-19(2)15(11-20)10-13-9-14(17)3-4-16(13)12-5-7-18-8-6-12/h3-5,9,11,15,18H,6-8,10H2,1-2H3/t15-/m0/s1. The summed E-state index contributed by atoms with van der Waals surface area (Å²) in [6.45, 7) is 1.90. The second kappa shape index (κ2) is 7.02. The third kappa shape index (κ3) is 3.69. The van der Waals surface area contributed by atoms with Gasteiger partial charge in [0.2, 0.25) is 0 Å². The number of halogens is 1. The van der Waals surface area contributed by atoms with E-state index in [9.17, 15) is 4.79 Å². The highest BCUT2D eigenvalue weighted by atomic mass is 35.5. The second-order valence-electron chi connectivity index (χ2n) is 5.36. The van der Waals surface area contributed by atoms with E-state index in [1.807, 2.05) is 31.1 Å². The van der Waals surface area contributed by atoms with Crippen LogP contribution in [0.2, 0.25) is 5.02 Å². The summed E-state index contributed by atoms with van der Waals surface area (Å²) in [6.07, 6.45) is 4.93. The smallest absolute Gasteiger partial charge is 0.137 e. The molecule has 0 aromatic heterocycles. The molecule has 0 spiro atoms. The zero-order valence-electron chi connectivity index (χ0n) is 12.0. The number of likely N-dealkylation sites (N-methyl/N-ethyl adjacent to an activating group) is 1. The Balaban J connectivity index is 2.32. The summed E-state index contributed by atoms with van der Waals surface area (Å²) in [7, 11) is 3.85. The number of nitrogens with one attached hydrogen (secondary N) is 1. The van der Waals surface area contributed by atoms with E-state index >= 15 is 0 Å². The van der Waals surface area contributed by atoms with Gasteiger partial charge in [-0.1, -0.05) is 23.7 Å². The van der Waals surface area contributed by atoms with Gasteiger partial charge >= 0.3 is 0 Å². The number of carbonyl (C=O) groups excluding carboxylic acids is 1. The molecular formula is C16H21ClN2O. The Morgan fingerprint density at radius 3 is 2.85 bits per heavy atom. The molecule has 0 aliphatic carbocycles. The summed E-state index contributed by atoms with van der Waals surface area (Å²) in [4.78, 5) is 13.2. The molecule has 0 amide bonds. The summed E-state index contributed by atoms with van der Waals surface area (Å²) in [5.74, 6) is 0. The van der Waals surface area contributed by atoms with Gasteiger partial charge in [-0.05, 0) is 62.3 Å². The predicted molar refractivity (Wildman–Crippen MR) is 84.2 cm³/mol. The van der Waals surface area contributed by atoms with Gasteiger partial charge in [-0.2, -0.15) is 0 Å². The van der Waals surface area contributed by atoms with E-state index in [1.54, 1.807) is 0 Å². The third-order valence-corrected chi connectivity index (χ3v) is 3.96. The molecule has 0 bridgehead atoms. The van der Waals surface area contributed by atoms with E-state index in [2.05, 4.69) is 17.5 Å². The monoisotopic (exact) mass is 292 g/mol. The van der Waals surface area contributed by atoms with Crippen molar-refractivity contribution in [1.82, 2.24) is 10.2 Å². The highest BCUT2D eigenvalue weighted by Crippen LogP contribution is 2.27. The normalized spacial score (nSPS) is 16.9. The molecule has 3 nitrogen and oxygen atoms in total. The van der Waals surface area contributed by atoms with Crippen molar-refractivity contribution in [2.75, 3.05) is 27.2 Å². The molecule has 1 heterocycles. The van der Waals surface area contributed by atoms with Crippen molar-refractivity contribution in [3.05, 3.63) is 40.4 Å². The van der Waals surface area contributed by atoms with Crippen LogP contribution < -0.4 is 5.32 Å². The van der Waals surface area contributed by atoms with Gasteiger partial charge in [0, 0.05) is 11.6 Å². The second-order valence-corrected chi connectivity index (χ2v) is 5.79. The molecule has 1 aliphatic heterocycles. The number of hydrogen-bond donors (Lipinski definition) is 1. The van der Waals surface area contributed by atoms with Crippen LogP contribution in [0.1, 0.15) is 17.5 Å². The molecular weight excluding hydrogens is 272 g/mol. The Hall–Kier alpha value is -1.16. The summed E-state index contributed by atoms with van der Waals surface area (Å²) in [6, 6.07) is 5.87. The molecule has 20 heavy (non-hydrogen) atoms. The van der Waals surface area contributed by atoms with Crippen LogP contribution in [0.5, 0.6) is 0 Å². The third-order valence-electron chi connectivity index (χ3n) is 3.73. The zero-order chi connectivity index (χ0) is 14.5. The molecule has 0 saturated carbocycles. The van der Waals surface area contributed by atoms with Crippen molar-refractivity contribution < 1.29 is 4.79 Å². The SMILES string of the molecule is CN(C)[C@H](C=O)Cc1cc(Cl)ccc1C1=CCNCC1. The fourth-order valence-electron chi connectivity index (χ4n) is 2.49. The minimum Gasteiger partial charge on any atom is -0.313 e. The molecule has 0 fully saturated rings. The van der Waals surface area contributed by atoms with Crippen LogP contribution in [0.3, 0.4) is 0 Å². The van der Waals surface area contributed by atoms with Gasteiger partial charge in [-0.25, -0.2) is 0 Å². The molecule has 0 saturated heterocycles. The fourth-order valence-corrected chi connectivity index (χ4v) is 2.68. The first-order valence-electron chi connectivity index (χ1n) is 6.92. The van der Waals surface area contributed by atoms with E-state index in [4.69, 9.17) is 11.6 Å². The molecule has 1 N–H and O–H groups in total. The first kappa shape index (κ1) is 15.2. The quantitative estimate of drug-likeness (QED) is 0.846. The average molecular weight is 293 g/mol. The minimum atomic E-state index is -0.116. The van der Waals surface area contributed by atoms with Gasteiger partial charge in [0.25, 0.3) is 0 Å². The van der Waals surface area contributed by atoms with Crippen LogP contribution >= 0.6 is 11.6 Å². The van der Waals surface area contributed by atoms with Gasteiger partial charge in [0.1, 0.15) is 6.29 Å². The first-order chi connectivity index (χ1) is 9.61. The topological polar surface area (TPSA) is 32.3 Å². The van der Waals surface area contributed by atoms with Crippen LogP contribution in [0.15, 0.2) is 24.3 Å². The molecule has 1 aromatic rings. The van der Waals surface area contributed by atoms with E-state index in [-0.39, 0.29) is 6.04 Å². The highest BCUT2D eigenvalue weighted by molar-refractivity contribution is 6.30. The Kier molecular flexibility index (Phi) is 5.35. The van der Waals surface area contributed by atoms with Gasteiger partial charge < -0.3 is 10.1 Å². The molecule has 1 aromatic carbocycles. The Labute approximate surface area is 125 Å². The van der Waals surface area contributed by atoms with Crippen LogP contribution in [-0.4, -0.2) is 44.4 Å². The summed E-state index contributed by atoms with van der Waals surface area (Å²) in [5, 5.41) is 4.04. The van der Waals surface area contributed by atoms with Crippen LogP contribution in [0, 0.1) is 0 Å². The van der Waals surface area contributed by atoms with Crippen molar-refractivity contribution in [3.63, 3.8) is 0 Å². The number of rotatable bonds is 5. The lowest BCUT2D eigenvalue weighted by Crippen LogP contribution is -2.31. The van der Waals surface area contributed by atoms with Gasteiger partial charge in [-0.15, -0.1) is 0 Å². The molecule has 2 rings (SSSR count). The van der Waals surface area contributed by atoms with Crippen molar-refractivity contribution in [3.8, 4) is 0 Å². The number of nitrogens with zero attached hydrogens (tertiary/aromatic N) is 1. The van der Waals surface area contributed by atoms with E-state index < -0.39 is 0 Å². The van der Waals surface area contributed by atoms with Crippen LogP contribution in [0.25, 0.3) is 5.57 Å². The zero-order valence-corrected chi connectivity index (χ0v) is 12.8. The van der Waals surface area contributed by atoms with Gasteiger partial charge in [0.15, 0.2) is 0 Å². The van der Waals surface area contributed by atoms with E-state index in [0.29, 0.717) is 6.42 Å². The van der Waals surface area contributed by atoms with Crippen molar-refractivity contribution >= 4 is 23.5 Å². The Morgan fingerprint density at radius 2 is 2.25 bits per heavy atom. The van der Waals surface area contributed by atoms with Crippen molar-refractivity contribution in [2.45, 2.75) is 18.9 Å². The molecule has 1 atom stereocenters. The maximum absolute atomic E-state index is 11.2. The number of hydrogen-bond acceptors (Lipinski definition) is 3. The lowest BCUT2D eigenvalue weighted by Gasteiger charge is -2.22. The Morgan fingerprint density at radius 1 is 1.45 bits per heavy atom. The summed E-state index contributed by atoms with van der Waals surface area (Å²) < 4.78 is 0. The van der Waals surface area contributed by atoms with Crippen molar-refractivity contribution in [2.24, 2.45) is 0 Å². The number of aldehydes is 1.